The largest absolute Gasteiger partial charge is 0.347 e. The summed E-state index contributed by atoms with van der Waals surface area (Å²) >= 11 is 0. The molecule has 4 nitrogen and oxygen atoms in total. The molecule has 0 saturated heterocycles. The maximum Gasteiger partial charge on any atom is 0.292 e. The molecule has 0 aliphatic rings. The average molecular weight is 348 g/mol. The number of rotatable bonds is 6. The average Bonchev–Trinajstić information content (AvgIpc) is 2.91. The van der Waals surface area contributed by atoms with E-state index in [9.17, 15) is 9.59 Å². The molecule has 1 heterocycles. The molecule has 134 valence electrons. The van der Waals surface area contributed by atoms with Gasteiger partial charge in [-0.25, -0.2) is 0 Å². The molecule has 1 aromatic heterocycles. The van der Waals surface area contributed by atoms with Gasteiger partial charge in [-0.15, -0.1) is 0 Å². The van der Waals surface area contributed by atoms with Gasteiger partial charge in [-0.1, -0.05) is 48.5 Å². The number of nitrogens with zero attached hydrogens (tertiary/aromatic N) is 1. The van der Waals surface area contributed by atoms with Crippen LogP contribution in [0.2, 0.25) is 0 Å². The normalized spacial score (nSPS) is 12.1. The molecule has 3 rings (SSSR count). The second kappa shape index (κ2) is 7.56. The third-order valence-corrected chi connectivity index (χ3v) is 4.92. The Morgan fingerprint density at radius 1 is 1.04 bits per heavy atom. The smallest absolute Gasteiger partial charge is 0.292 e. The van der Waals surface area contributed by atoms with Crippen LogP contribution in [0, 0.1) is 6.92 Å². The minimum atomic E-state index is -0.537. The lowest BCUT2D eigenvalue weighted by Crippen LogP contribution is -2.38. The molecule has 0 aliphatic heterocycles. The van der Waals surface area contributed by atoms with Gasteiger partial charge in [0.15, 0.2) is 0 Å². The molecule has 0 fully saturated rings. The summed E-state index contributed by atoms with van der Waals surface area (Å²) < 4.78 is 1.95. The molecule has 0 radical (unpaired) electrons. The molecular weight excluding hydrogens is 324 g/mol. The predicted molar refractivity (Wildman–Crippen MR) is 104 cm³/mol. The third-order valence-electron chi connectivity index (χ3n) is 4.92. The van der Waals surface area contributed by atoms with E-state index in [4.69, 9.17) is 0 Å². The number of nitrogens with one attached hydrogen (secondary N) is 1. The van der Waals surface area contributed by atoms with Gasteiger partial charge < -0.3 is 9.88 Å². The number of para-hydroxylation sites is 1. The van der Waals surface area contributed by atoms with Crippen molar-refractivity contribution in [2.24, 2.45) is 7.05 Å². The minimum absolute atomic E-state index is 0.0676. The summed E-state index contributed by atoms with van der Waals surface area (Å²) in [7, 11) is 1.91. The number of aromatic nitrogens is 1. The van der Waals surface area contributed by atoms with E-state index in [2.05, 4.69) is 17.4 Å². The van der Waals surface area contributed by atoms with E-state index in [1.165, 1.54) is 5.56 Å². The number of hydrogen-bond acceptors (Lipinski definition) is 2. The highest BCUT2D eigenvalue weighted by molar-refractivity contribution is 6.45. The van der Waals surface area contributed by atoms with Crippen molar-refractivity contribution in [3.63, 3.8) is 0 Å². The van der Waals surface area contributed by atoms with Crippen LogP contribution < -0.4 is 5.32 Å². The van der Waals surface area contributed by atoms with Crippen molar-refractivity contribution in [2.75, 3.05) is 0 Å². The summed E-state index contributed by atoms with van der Waals surface area (Å²) in [6, 6.07) is 17.7. The van der Waals surface area contributed by atoms with Crippen LogP contribution in [0.3, 0.4) is 0 Å². The number of amides is 1. The van der Waals surface area contributed by atoms with Gasteiger partial charge in [-0.05, 0) is 38.3 Å². The molecule has 2 aromatic carbocycles. The highest BCUT2D eigenvalue weighted by atomic mass is 16.2. The molecule has 0 saturated carbocycles. The predicted octanol–water partition coefficient (Wildman–Crippen LogP) is 3.81. The Hall–Kier alpha value is -2.88. The van der Waals surface area contributed by atoms with Crippen molar-refractivity contribution in [2.45, 2.75) is 32.7 Å². The van der Waals surface area contributed by atoms with E-state index in [-0.39, 0.29) is 6.04 Å². The zero-order valence-corrected chi connectivity index (χ0v) is 15.5. The van der Waals surface area contributed by atoms with E-state index in [0.717, 1.165) is 29.4 Å². The van der Waals surface area contributed by atoms with Gasteiger partial charge in [0.05, 0.1) is 5.56 Å². The monoisotopic (exact) mass is 348 g/mol. The third kappa shape index (κ3) is 3.54. The molecule has 1 N–H and O–H groups in total. The van der Waals surface area contributed by atoms with Gasteiger partial charge in [-0.3, -0.25) is 9.59 Å². The number of ketones is 1. The van der Waals surface area contributed by atoms with Crippen LogP contribution in [0.15, 0.2) is 54.6 Å². The number of carbonyl (C=O) groups is 2. The van der Waals surface area contributed by atoms with Crippen LogP contribution in [-0.4, -0.2) is 22.3 Å². The maximum atomic E-state index is 12.8. The molecule has 3 aromatic rings. The quantitative estimate of drug-likeness (QED) is 0.544. The van der Waals surface area contributed by atoms with Crippen molar-refractivity contribution >= 4 is 22.6 Å². The molecule has 4 heteroatoms. The maximum absolute atomic E-state index is 12.8. The van der Waals surface area contributed by atoms with Gasteiger partial charge in [0, 0.05) is 29.7 Å². The van der Waals surface area contributed by atoms with Crippen LogP contribution in [0.5, 0.6) is 0 Å². The van der Waals surface area contributed by atoms with Gasteiger partial charge in [0.1, 0.15) is 0 Å². The lowest BCUT2D eigenvalue weighted by atomic mass is 10.0. The summed E-state index contributed by atoms with van der Waals surface area (Å²) in [6.45, 7) is 3.81. The fourth-order valence-electron chi connectivity index (χ4n) is 3.31. The fourth-order valence-corrected chi connectivity index (χ4v) is 3.31. The van der Waals surface area contributed by atoms with Gasteiger partial charge >= 0.3 is 0 Å². The van der Waals surface area contributed by atoms with E-state index in [1.807, 2.05) is 67.9 Å². The second-order valence-corrected chi connectivity index (χ2v) is 6.76. The van der Waals surface area contributed by atoms with Gasteiger partial charge in [0.25, 0.3) is 11.7 Å². The zero-order chi connectivity index (χ0) is 18.7. The van der Waals surface area contributed by atoms with Gasteiger partial charge in [-0.2, -0.15) is 0 Å². The fraction of sp³-hybridized carbons (Fsp3) is 0.273. The zero-order valence-electron chi connectivity index (χ0n) is 15.5. The number of Topliss-reactive ketones (excluding diaryl/α,β-unsaturated/α-hetero) is 1. The van der Waals surface area contributed by atoms with Crippen LogP contribution in [-0.2, 0) is 18.3 Å². The van der Waals surface area contributed by atoms with Crippen molar-refractivity contribution in [3.8, 4) is 0 Å². The lowest BCUT2D eigenvalue weighted by molar-refractivity contribution is -0.117. The lowest BCUT2D eigenvalue weighted by Gasteiger charge is -2.13. The first-order valence-corrected chi connectivity index (χ1v) is 8.92. The number of carbonyl (C=O) groups excluding carboxylic acids is 2. The standard InChI is InChI=1S/C22H24N2O2/c1-15(13-14-17-9-5-4-6-10-17)23-22(26)21(25)20-16(2)24(3)19-12-8-7-11-18(19)20/h4-12,15H,13-14H2,1-3H3,(H,23,26)/t15-/m1/s1. The minimum Gasteiger partial charge on any atom is -0.347 e. The van der Waals surface area contributed by atoms with Crippen molar-refractivity contribution in [1.29, 1.82) is 0 Å². The molecule has 0 spiro atoms. The molecule has 0 aliphatic carbocycles. The number of aryl methyl sites for hydroxylation is 2. The van der Waals surface area contributed by atoms with Crippen molar-refractivity contribution in [3.05, 3.63) is 71.4 Å². The van der Waals surface area contributed by atoms with E-state index in [0.29, 0.717) is 5.56 Å². The first-order valence-electron chi connectivity index (χ1n) is 8.92. The summed E-state index contributed by atoms with van der Waals surface area (Å²) in [6.07, 6.45) is 1.65. The highest BCUT2D eigenvalue weighted by Crippen LogP contribution is 2.25. The van der Waals surface area contributed by atoms with E-state index >= 15 is 0 Å². The Morgan fingerprint density at radius 3 is 2.42 bits per heavy atom. The Labute approximate surface area is 153 Å². The Kier molecular flexibility index (Phi) is 5.21. The van der Waals surface area contributed by atoms with Crippen LogP contribution in [0.4, 0.5) is 0 Å². The number of fused-ring (bicyclic) bond motifs is 1. The Balaban J connectivity index is 1.70. The topological polar surface area (TPSA) is 51.1 Å². The van der Waals surface area contributed by atoms with Crippen molar-refractivity contribution < 1.29 is 9.59 Å². The van der Waals surface area contributed by atoms with E-state index < -0.39 is 11.7 Å². The first-order chi connectivity index (χ1) is 12.5. The summed E-state index contributed by atoms with van der Waals surface area (Å²) in [5, 5.41) is 3.68. The molecule has 0 bridgehead atoms. The Morgan fingerprint density at radius 2 is 1.69 bits per heavy atom. The first kappa shape index (κ1) is 17.9. The summed E-state index contributed by atoms with van der Waals surface area (Å²) in [5.41, 5.74) is 3.49. The van der Waals surface area contributed by atoms with Crippen LogP contribution in [0.25, 0.3) is 10.9 Å². The molecule has 26 heavy (non-hydrogen) atoms. The number of hydrogen-bond donors (Lipinski definition) is 1. The highest BCUT2D eigenvalue weighted by Gasteiger charge is 2.24. The number of benzene rings is 2. The molecule has 1 amide bonds. The van der Waals surface area contributed by atoms with Crippen LogP contribution >= 0.6 is 0 Å². The van der Waals surface area contributed by atoms with E-state index in [1.54, 1.807) is 0 Å². The van der Waals surface area contributed by atoms with Gasteiger partial charge in [0.2, 0.25) is 0 Å². The second-order valence-electron chi connectivity index (χ2n) is 6.76. The van der Waals surface area contributed by atoms with Crippen molar-refractivity contribution in [1.82, 2.24) is 9.88 Å². The molecule has 1 atom stereocenters. The summed E-state index contributed by atoms with van der Waals surface area (Å²) in [4.78, 5) is 25.3. The summed E-state index contributed by atoms with van der Waals surface area (Å²) in [5.74, 6) is -1.00. The Bertz CT molecular complexity index is 941. The molecule has 0 unspecified atom stereocenters. The van der Waals surface area contributed by atoms with Crippen LogP contribution in [0.1, 0.15) is 35.0 Å². The SMILES string of the molecule is Cc1c(C(=O)C(=O)N[C@H](C)CCc2ccccc2)c2ccccc2n1C. The molecular formula is C22H24N2O2.